The van der Waals surface area contributed by atoms with E-state index in [9.17, 15) is 13.2 Å². The van der Waals surface area contributed by atoms with Crippen LogP contribution in [0.2, 0.25) is 0 Å². The molecule has 0 saturated heterocycles. The number of thiocarbonyl (C=S) groups is 1. The van der Waals surface area contributed by atoms with E-state index in [1.54, 1.807) is 6.92 Å². The summed E-state index contributed by atoms with van der Waals surface area (Å²) >= 11 is 7.86. The highest BCUT2D eigenvalue weighted by molar-refractivity contribution is 9.10. The van der Waals surface area contributed by atoms with Crippen molar-refractivity contribution in [3.8, 4) is 0 Å². The predicted molar refractivity (Wildman–Crippen MR) is 69.0 cm³/mol. The van der Waals surface area contributed by atoms with Crippen molar-refractivity contribution in [1.82, 2.24) is 5.32 Å². The topological polar surface area (TPSA) is 24.1 Å². The Morgan fingerprint density at radius 2 is 2.06 bits per heavy atom. The van der Waals surface area contributed by atoms with Gasteiger partial charge in [-0.1, -0.05) is 15.9 Å². The fourth-order valence-electron chi connectivity index (χ4n) is 1.19. The Balaban J connectivity index is 3.03. The van der Waals surface area contributed by atoms with Crippen LogP contribution >= 0.6 is 28.1 Å². The summed E-state index contributed by atoms with van der Waals surface area (Å²) in [5.41, 5.74) is -0.821. The highest BCUT2D eigenvalue weighted by Gasteiger charge is 2.33. The summed E-state index contributed by atoms with van der Waals surface area (Å²) in [6, 6.07) is 3.86. The van der Waals surface area contributed by atoms with Crippen LogP contribution in [0.15, 0.2) is 22.7 Å². The molecule has 0 spiro atoms. The second-order valence-electron chi connectivity index (χ2n) is 3.17. The van der Waals surface area contributed by atoms with Gasteiger partial charge in [-0.2, -0.15) is 13.2 Å². The Kier molecular flexibility index (Phi) is 4.76. The van der Waals surface area contributed by atoms with Gasteiger partial charge in [-0.05, 0) is 37.3 Å². The highest BCUT2D eigenvalue weighted by atomic mass is 79.9. The van der Waals surface area contributed by atoms with Crippen LogP contribution < -0.4 is 10.6 Å². The number of anilines is 1. The van der Waals surface area contributed by atoms with Gasteiger partial charge >= 0.3 is 6.18 Å². The van der Waals surface area contributed by atoms with E-state index in [2.05, 4.69) is 26.6 Å². The molecule has 1 rings (SSSR count). The number of hydrogen-bond donors (Lipinski definition) is 2. The molecule has 0 aromatic heterocycles. The van der Waals surface area contributed by atoms with E-state index in [0.717, 1.165) is 6.07 Å². The van der Waals surface area contributed by atoms with E-state index in [1.165, 1.54) is 12.1 Å². The van der Waals surface area contributed by atoms with Crippen molar-refractivity contribution in [2.75, 3.05) is 11.9 Å². The number of halogens is 4. The van der Waals surface area contributed by atoms with Gasteiger partial charge in [0.1, 0.15) is 0 Å². The summed E-state index contributed by atoms with van der Waals surface area (Å²) in [6.07, 6.45) is -4.42. The van der Waals surface area contributed by atoms with Gasteiger partial charge in [-0.15, -0.1) is 0 Å². The first-order valence-corrected chi connectivity index (χ1v) is 5.96. The smallest absolute Gasteiger partial charge is 0.363 e. The monoisotopic (exact) mass is 326 g/mol. The third-order valence-corrected chi connectivity index (χ3v) is 2.61. The van der Waals surface area contributed by atoms with Gasteiger partial charge in [-0.25, -0.2) is 0 Å². The summed E-state index contributed by atoms with van der Waals surface area (Å²) in [7, 11) is 0. The van der Waals surface area contributed by atoms with Crippen molar-refractivity contribution in [1.29, 1.82) is 0 Å². The molecule has 1 aromatic rings. The minimum atomic E-state index is -4.42. The largest absolute Gasteiger partial charge is 0.418 e. The average Bonchev–Trinajstić information content (AvgIpc) is 2.19. The third-order valence-electron chi connectivity index (χ3n) is 1.87. The fourth-order valence-corrected chi connectivity index (χ4v) is 1.80. The molecule has 0 atom stereocenters. The first-order chi connectivity index (χ1) is 7.84. The molecule has 0 aliphatic carbocycles. The minimum Gasteiger partial charge on any atom is -0.363 e. The Hall–Kier alpha value is -0.820. The summed E-state index contributed by atoms with van der Waals surface area (Å²) in [5.74, 6) is 0. The molecule has 0 radical (unpaired) electrons. The van der Waals surface area contributed by atoms with Crippen LogP contribution in [-0.4, -0.2) is 11.7 Å². The number of benzene rings is 1. The zero-order valence-corrected chi connectivity index (χ0v) is 11.3. The lowest BCUT2D eigenvalue weighted by atomic mass is 10.1. The lowest BCUT2D eigenvalue weighted by molar-refractivity contribution is -0.136. The van der Waals surface area contributed by atoms with Crippen LogP contribution in [0.4, 0.5) is 18.9 Å². The van der Waals surface area contributed by atoms with Crippen LogP contribution in [0.1, 0.15) is 12.5 Å². The van der Waals surface area contributed by atoms with Crippen molar-refractivity contribution >= 4 is 38.9 Å². The quantitative estimate of drug-likeness (QED) is 0.809. The van der Waals surface area contributed by atoms with Gasteiger partial charge in [0.05, 0.1) is 11.3 Å². The lowest BCUT2D eigenvalue weighted by Gasteiger charge is -2.15. The first-order valence-electron chi connectivity index (χ1n) is 4.76. The van der Waals surface area contributed by atoms with E-state index in [4.69, 9.17) is 12.2 Å². The Bertz CT molecular complexity index is 421. The van der Waals surface area contributed by atoms with Crippen molar-refractivity contribution in [3.05, 3.63) is 28.2 Å². The highest BCUT2D eigenvalue weighted by Crippen LogP contribution is 2.36. The molecule has 0 aliphatic rings. The number of alkyl halides is 3. The molecule has 0 amide bonds. The normalized spacial score (nSPS) is 11.1. The van der Waals surface area contributed by atoms with E-state index < -0.39 is 11.7 Å². The van der Waals surface area contributed by atoms with Crippen LogP contribution in [0.5, 0.6) is 0 Å². The van der Waals surface area contributed by atoms with Crippen LogP contribution in [-0.2, 0) is 6.18 Å². The number of rotatable bonds is 2. The second-order valence-corrected chi connectivity index (χ2v) is 4.50. The molecule has 0 saturated carbocycles. The van der Waals surface area contributed by atoms with Gasteiger partial charge in [0.2, 0.25) is 0 Å². The molecular weight excluding hydrogens is 317 g/mol. The molecule has 0 fully saturated rings. The van der Waals surface area contributed by atoms with Crippen molar-refractivity contribution in [2.45, 2.75) is 13.1 Å². The number of hydrogen-bond acceptors (Lipinski definition) is 1. The van der Waals surface area contributed by atoms with Crippen molar-refractivity contribution in [2.24, 2.45) is 0 Å². The zero-order chi connectivity index (χ0) is 13.1. The van der Waals surface area contributed by atoms with Crippen molar-refractivity contribution in [3.63, 3.8) is 0 Å². The molecule has 0 heterocycles. The van der Waals surface area contributed by atoms with Gasteiger partial charge in [0, 0.05) is 11.0 Å². The molecule has 94 valence electrons. The van der Waals surface area contributed by atoms with Gasteiger partial charge < -0.3 is 10.6 Å². The van der Waals surface area contributed by atoms with Crippen LogP contribution in [0.3, 0.4) is 0 Å². The minimum absolute atomic E-state index is 0.0633. The van der Waals surface area contributed by atoms with Gasteiger partial charge in [-0.3, -0.25) is 0 Å². The maximum Gasteiger partial charge on any atom is 0.418 e. The SMILES string of the molecule is CCNC(=S)Nc1ccc(Br)cc1C(F)(F)F. The second kappa shape index (κ2) is 5.68. The summed E-state index contributed by atoms with van der Waals surface area (Å²) in [5, 5.41) is 5.42. The molecular formula is C10H10BrF3N2S. The summed E-state index contributed by atoms with van der Waals surface area (Å²) in [4.78, 5) is 0. The van der Waals surface area contributed by atoms with Crippen LogP contribution in [0.25, 0.3) is 0 Å². The maximum absolute atomic E-state index is 12.7. The zero-order valence-electron chi connectivity index (χ0n) is 8.86. The maximum atomic E-state index is 12.7. The Labute approximate surface area is 111 Å². The van der Waals surface area contributed by atoms with E-state index in [1.807, 2.05) is 0 Å². The molecule has 1 aromatic carbocycles. The summed E-state index contributed by atoms with van der Waals surface area (Å²) in [6.45, 7) is 2.35. The molecule has 7 heteroatoms. The fraction of sp³-hybridized carbons (Fsp3) is 0.300. The van der Waals surface area contributed by atoms with Gasteiger partial charge in [0.25, 0.3) is 0 Å². The first kappa shape index (κ1) is 14.2. The van der Waals surface area contributed by atoms with E-state index in [-0.39, 0.29) is 10.8 Å². The van der Waals surface area contributed by atoms with E-state index in [0.29, 0.717) is 11.0 Å². The molecule has 0 unspecified atom stereocenters. The average molecular weight is 327 g/mol. The Morgan fingerprint density at radius 3 is 2.59 bits per heavy atom. The molecule has 2 N–H and O–H groups in total. The lowest BCUT2D eigenvalue weighted by Crippen LogP contribution is -2.29. The summed E-state index contributed by atoms with van der Waals surface area (Å²) < 4.78 is 38.6. The van der Waals surface area contributed by atoms with E-state index >= 15 is 0 Å². The van der Waals surface area contributed by atoms with Gasteiger partial charge in [0.15, 0.2) is 5.11 Å². The number of nitrogens with one attached hydrogen (secondary N) is 2. The molecule has 0 aliphatic heterocycles. The molecule has 2 nitrogen and oxygen atoms in total. The standard InChI is InChI=1S/C10H10BrF3N2S/c1-2-15-9(17)16-8-4-3-6(11)5-7(8)10(12,13)14/h3-5H,2H2,1H3,(H2,15,16,17). The third kappa shape index (κ3) is 4.16. The van der Waals surface area contributed by atoms with Crippen molar-refractivity contribution < 1.29 is 13.2 Å². The molecule has 17 heavy (non-hydrogen) atoms. The molecule has 0 bridgehead atoms. The Morgan fingerprint density at radius 1 is 1.41 bits per heavy atom. The van der Waals surface area contributed by atoms with Crippen LogP contribution in [0, 0.1) is 0 Å². The predicted octanol–water partition coefficient (Wildman–Crippen LogP) is 3.77.